The number of benzene rings is 2. The smallest absolute Gasteiger partial charge is 0.228 e. The van der Waals surface area contributed by atoms with E-state index in [9.17, 15) is 9.59 Å². The number of hydrogen-bond acceptors (Lipinski definition) is 4. The second kappa shape index (κ2) is 9.86. The largest absolute Gasteiger partial charge is 0.497 e. The van der Waals surface area contributed by atoms with E-state index in [0.29, 0.717) is 26.2 Å². The highest BCUT2D eigenvalue weighted by atomic mass is 16.5. The Hall–Kier alpha value is -3.02. The first kappa shape index (κ1) is 23.1. The molecule has 2 amide bonds. The van der Waals surface area contributed by atoms with E-state index in [-0.39, 0.29) is 29.6 Å². The lowest BCUT2D eigenvalue weighted by atomic mass is 9.87. The molecule has 0 saturated carbocycles. The van der Waals surface area contributed by atoms with Crippen LogP contribution in [0.2, 0.25) is 0 Å². The monoisotopic (exact) mass is 449 g/mol. The topological polar surface area (TPSA) is 53.1 Å². The molecule has 2 aromatic rings. The summed E-state index contributed by atoms with van der Waals surface area (Å²) in [6, 6.07) is 16.3. The van der Waals surface area contributed by atoms with Gasteiger partial charge in [0.25, 0.3) is 0 Å². The minimum atomic E-state index is -0.217. The van der Waals surface area contributed by atoms with Crippen molar-refractivity contribution in [3.63, 3.8) is 0 Å². The molecule has 33 heavy (non-hydrogen) atoms. The SMILES string of the molecule is COc1ccc(C2CN(C(=O)C(C)C)CC2C(=O)N2CCN(c3ccccc3C)CC2)cc1. The maximum atomic E-state index is 13.7. The Labute approximate surface area is 197 Å². The number of carbonyl (C=O) groups is 2. The summed E-state index contributed by atoms with van der Waals surface area (Å²) in [6.45, 7) is 10.1. The third-order valence-electron chi connectivity index (χ3n) is 7.03. The molecule has 2 aliphatic rings. The summed E-state index contributed by atoms with van der Waals surface area (Å²) in [4.78, 5) is 32.7. The van der Waals surface area contributed by atoms with Gasteiger partial charge in [0.2, 0.25) is 11.8 Å². The Kier molecular flexibility index (Phi) is 6.91. The van der Waals surface area contributed by atoms with E-state index in [0.717, 1.165) is 24.4 Å². The molecule has 0 spiro atoms. The van der Waals surface area contributed by atoms with Gasteiger partial charge in [-0.25, -0.2) is 0 Å². The second-order valence-electron chi connectivity index (χ2n) is 9.48. The van der Waals surface area contributed by atoms with E-state index in [1.54, 1.807) is 7.11 Å². The predicted octanol–water partition coefficient (Wildman–Crippen LogP) is 3.55. The number of ether oxygens (including phenoxy) is 1. The van der Waals surface area contributed by atoms with Crippen molar-refractivity contribution in [3.8, 4) is 5.75 Å². The van der Waals surface area contributed by atoms with Crippen LogP contribution in [0.4, 0.5) is 5.69 Å². The van der Waals surface area contributed by atoms with Gasteiger partial charge < -0.3 is 19.4 Å². The van der Waals surface area contributed by atoms with Gasteiger partial charge in [0.1, 0.15) is 5.75 Å². The number of methoxy groups -OCH3 is 1. The summed E-state index contributed by atoms with van der Waals surface area (Å²) in [7, 11) is 1.65. The van der Waals surface area contributed by atoms with Crippen molar-refractivity contribution in [1.29, 1.82) is 0 Å². The number of para-hydroxylation sites is 1. The molecule has 0 aliphatic carbocycles. The quantitative estimate of drug-likeness (QED) is 0.701. The van der Waals surface area contributed by atoms with Crippen molar-refractivity contribution < 1.29 is 14.3 Å². The summed E-state index contributed by atoms with van der Waals surface area (Å²) in [5, 5.41) is 0. The molecule has 0 bridgehead atoms. The fraction of sp³-hybridized carbons (Fsp3) is 0.481. The highest BCUT2D eigenvalue weighted by molar-refractivity contribution is 5.84. The van der Waals surface area contributed by atoms with Crippen LogP contribution in [0.3, 0.4) is 0 Å². The van der Waals surface area contributed by atoms with Gasteiger partial charge in [-0.05, 0) is 36.2 Å². The maximum absolute atomic E-state index is 13.7. The molecule has 2 aliphatic heterocycles. The van der Waals surface area contributed by atoms with Crippen LogP contribution in [0.25, 0.3) is 0 Å². The molecule has 0 radical (unpaired) electrons. The second-order valence-corrected chi connectivity index (χ2v) is 9.48. The van der Waals surface area contributed by atoms with Gasteiger partial charge in [-0.2, -0.15) is 0 Å². The van der Waals surface area contributed by atoms with Crippen molar-refractivity contribution in [3.05, 3.63) is 59.7 Å². The Morgan fingerprint density at radius 1 is 0.909 bits per heavy atom. The fourth-order valence-electron chi connectivity index (χ4n) is 5.11. The minimum Gasteiger partial charge on any atom is -0.497 e. The first-order valence-electron chi connectivity index (χ1n) is 11.9. The third-order valence-corrected chi connectivity index (χ3v) is 7.03. The molecule has 2 aromatic carbocycles. The number of carbonyl (C=O) groups excluding carboxylic acids is 2. The molecular weight excluding hydrogens is 414 g/mol. The van der Waals surface area contributed by atoms with Crippen molar-refractivity contribution in [2.75, 3.05) is 51.3 Å². The molecule has 4 rings (SSSR count). The highest BCUT2D eigenvalue weighted by Crippen LogP contribution is 2.36. The van der Waals surface area contributed by atoms with E-state index >= 15 is 0 Å². The maximum Gasteiger partial charge on any atom is 0.228 e. The van der Waals surface area contributed by atoms with Gasteiger partial charge in [0.05, 0.1) is 13.0 Å². The third kappa shape index (κ3) is 4.85. The number of anilines is 1. The summed E-state index contributed by atoms with van der Waals surface area (Å²) < 4.78 is 5.30. The van der Waals surface area contributed by atoms with Crippen LogP contribution in [-0.2, 0) is 9.59 Å². The number of piperazine rings is 1. The van der Waals surface area contributed by atoms with Crippen LogP contribution in [-0.4, -0.2) is 68.0 Å². The first-order valence-corrected chi connectivity index (χ1v) is 11.9. The van der Waals surface area contributed by atoms with E-state index in [2.05, 4.69) is 36.1 Å². The van der Waals surface area contributed by atoms with Crippen LogP contribution in [0.15, 0.2) is 48.5 Å². The molecule has 0 aromatic heterocycles. The summed E-state index contributed by atoms with van der Waals surface area (Å²) >= 11 is 0. The predicted molar refractivity (Wildman–Crippen MR) is 131 cm³/mol. The Morgan fingerprint density at radius 2 is 1.58 bits per heavy atom. The standard InChI is InChI=1S/C27H35N3O3/c1-19(2)26(31)30-17-23(21-9-11-22(33-4)12-10-21)24(18-30)27(32)29-15-13-28(14-16-29)25-8-6-5-7-20(25)3/h5-12,19,23-24H,13-18H2,1-4H3. The van der Waals surface area contributed by atoms with Crippen molar-refractivity contribution in [2.45, 2.75) is 26.7 Å². The molecule has 0 N–H and O–H groups in total. The Balaban J connectivity index is 1.50. The fourth-order valence-corrected chi connectivity index (χ4v) is 5.11. The summed E-state index contributed by atoms with van der Waals surface area (Å²) in [5.74, 6) is 0.786. The molecule has 2 fully saturated rings. The minimum absolute atomic E-state index is 0.000466. The van der Waals surface area contributed by atoms with Gasteiger partial charge in [-0.15, -0.1) is 0 Å². The van der Waals surface area contributed by atoms with Gasteiger partial charge >= 0.3 is 0 Å². The van der Waals surface area contributed by atoms with Crippen molar-refractivity contribution >= 4 is 17.5 Å². The lowest BCUT2D eigenvalue weighted by Crippen LogP contribution is -2.51. The normalized spacial score (nSPS) is 20.9. The lowest BCUT2D eigenvalue weighted by Gasteiger charge is -2.38. The number of aryl methyl sites for hydroxylation is 1. The van der Waals surface area contributed by atoms with Gasteiger partial charge in [-0.1, -0.05) is 44.2 Å². The lowest BCUT2D eigenvalue weighted by molar-refractivity contribution is -0.136. The zero-order chi connectivity index (χ0) is 23.5. The Morgan fingerprint density at radius 3 is 2.18 bits per heavy atom. The van der Waals surface area contributed by atoms with Crippen LogP contribution >= 0.6 is 0 Å². The molecule has 2 atom stereocenters. The Bertz CT molecular complexity index is 980. The summed E-state index contributed by atoms with van der Waals surface area (Å²) in [5.41, 5.74) is 3.59. The van der Waals surface area contributed by atoms with E-state index in [1.165, 1.54) is 11.3 Å². The zero-order valence-corrected chi connectivity index (χ0v) is 20.2. The van der Waals surface area contributed by atoms with Gasteiger partial charge in [0, 0.05) is 56.8 Å². The van der Waals surface area contributed by atoms with Gasteiger partial charge in [-0.3, -0.25) is 9.59 Å². The number of hydrogen-bond donors (Lipinski definition) is 0. The molecule has 2 unspecified atom stereocenters. The molecular formula is C27H35N3O3. The van der Waals surface area contributed by atoms with Crippen molar-refractivity contribution in [1.82, 2.24) is 9.80 Å². The number of rotatable bonds is 5. The molecule has 6 heteroatoms. The van der Waals surface area contributed by atoms with Crippen LogP contribution in [0, 0.1) is 18.8 Å². The molecule has 2 saturated heterocycles. The number of likely N-dealkylation sites (tertiary alicyclic amines) is 1. The highest BCUT2D eigenvalue weighted by Gasteiger charge is 2.42. The van der Waals surface area contributed by atoms with Crippen molar-refractivity contribution in [2.24, 2.45) is 11.8 Å². The first-order chi connectivity index (χ1) is 15.9. The summed E-state index contributed by atoms with van der Waals surface area (Å²) in [6.07, 6.45) is 0. The van der Waals surface area contributed by atoms with Crippen LogP contribution in [0.5, 0.6) is 5.75 Å². The van der Waals surface area contributed by atoms with E-state index < -0.39 is 0 Å². The van der Waals surface area contributed by atoms with Crippen LogP contribution < -0.4 is 9.64 Å². The molecule has 2 heterocycles. The molecule has 176 valence electrons. The van der Waals surface area contributed by atoms with E-state index in [1.807, 2.05) is 47.9 Å². The number of amides is 2. The average Bonchev–Trinajstić information content (AvgIpc) is 3.29. The van der Waals surface area contributed by atoms with Crippen LogP contribution in [0.1, 0.15) is 30.9 Å². The molecule has 6 nitrogen and oxygen atoms in total. The zero-order valence-electron chi connectivity index (χ0n) is 20.2. The van der Waals surface area contributed by atoms with E-state index in [4.69, 9.17) is 4.74 Å². The number of nitrogens with zero attached hydrogens (tertiary/aromatic N) is 3. The average molecular weight is 450 g/mol. The van der Waals surface area contributed by atoms with Gasteiger partial charge in [0.15, 0.2) is 0 Å².